The van der Waals surface area contributed by atoms with Crippen molar-refractivity contribution in [2.24, 2.45) is 0 Å². The van der Waals surface area contributed by atoms with E-state index in [-0.39, 0.29) is 5.91 Å². The number of hydrogen-bond donors (Lipinski definition) is 1. The second kappa shape index (κ2) is 5.20. The van der Waals surface area contributed by atoms with Gasteiger partial charge in [0.15, 0.2) is 0 Å². The smallest absolute Gasteiger partial charge is 0.241 e. The molecule has 18 heavy (non-hydrogen) atoms. The third-order valence-electron chi connectivity index (χ3n) is 3.04. The van der Waals surface area contributed by atoms with Crippen molar-refractivity contribution in [2.45, 2.75) is 13.8 Å². The lowest BCUT2D eigenvalue weighted by atomic mass is 10.2. The zero-order valence-corrected chi connectivity index (χ0v) is 11.1. The largest absolute Gasteiger partial charge is 0.354 e. The molecule has 1 aromatic rings. The highest BCUT2D eigenvalue weighted by Crippen LogP contribution is 2.19. The summed E-state index contributed by atoms with van der Waals surface area (Å²) in [6.45, 7) is 6.69. The number of piperazine rings is 1. The topological polar surface area (TPSA) is 61.4 Å². The molecule has 1 aromatic heterocycles. The van der Waals surface area contributed by atoms with Crippen molar-refractivity contribution in [3.05, 3.63) is 11.8 Å². The predicted octanol–water partition coefficient (Wildman–Crippen LogP) is 0.495. The second-order valence-corrected chi connectivity index (χ2v) is 4.47. The molecule has 0 unspecified atom stereocenters. The maximum atomic E-state index is 11.7. The Hall–Kier alpha value is -1.85. The molecular formula is C12H19N5O. The molecule has 1 saturated heterocycles. The monoisotopic (exact) mass is 249 g/mol. The number of aryl methyl sites for hydroxylation is 1. The molecule has 1 N–H and O–H groups in total. The lowest BCUT2D eigenvalue weighted by Crippen LogP contribution is -2.49. The molecule has 0 atom stereocenters. The third-order valence-corrected chi connectivity index (χ3v) is 3.04. The van der Waals surface area contributed by atoms with Crippen molar-refractivity contribution in [3.63, 3.8) is 0 Å². The van der Waals surface area contributed by atoms with Gasteiger partial charge < -0.3 is 15.1 Å². The summed E-state index contributed by atoms with van der Waals surface area (Å²) in [7, 11) is 1.83. The van der Waals surface area contributed by atoms with E-state index in [2.05, 4.69) is 15.3 Å². The zero-order valence-electron chi connectivity index (χ0n) is 11.1. The van der Waals surface area contributed by atoms with Gasteiger partial charge in [0.05, 0.1) is 6.54 Å². The number of anilines is 2. The highest BCUT2D eigenvalue weighted by atomic mass is 16.2. The van der Waals surface area contributed by atoms with Gasteiger partial charge in [0.25, 0.3) is 0 Å². The molecule has 1 fully saturated rings. The average molecular weight is 249 g/mol. The molecular weight excluding hydrogens is 230 g/mol. The minimum absolute atomic E-state index is 0.129. The molecule has 2 rings (SSSR count). The van der Waals surface area contributed by atoms with Gasteiger partial charge in [-0.05, 0) is 13.8 Å². The molecule has 0 spiro atoms. The Bertz CT molecular complexity index is 448. The summed E-state index contributed by atoms with van der Waals surface area (Å²) in [5.41, 5.74) is 0.994. The molecule has 1 aliphatic rings. The number of rotatable bonds is 3. The van der Waals surface area contributed by atoms with E-state index in [4.69, 9.17) is 0 Å². The van der Waals surface area contributed by atoms with E-state index in [0.717, 1.165) is 31.0 Å². The SMILES string of the molecule is CCNc1ncc(C)c(N2CCN(C)C(=O)C2)n1. The van der Waals surface area contributed by atoms with Crippen molar-refractivity contribution in [3.8, 4) is 0 Å². The minimum atomic E-state index is 0.129. The van der Waals surface area contributed by atoms with Crippen LogP contribution in [0.5, 0.6) is 0 Å². The van der Waals surface area contributed by atoms with Gasteiger partial charge in [-0.15, -0.1) is 0 Å². The summed E-state index contributed by atoms with van der Waals surface area (Å²) in [4.78, 5) is 24.2. The molecule has 1 aliphatic heterocycles. The number of hydrogen-bond acceptors (Lipinski definition) is 5. The third kappa shape index (κ3) is 2.52. The van der Waals surface area contributed by atoms with Crippen LogP contribution in [0.15, 0.2) is 6.20 Å². The van der Waals surface area contributed by atoms with Crippen molar-refractivity contribution in [1.29, 1.82) is 0 Å². The first-order chi connectivity index (χ1) is 8.61. The Balaban J connectivity index is 2.21. The van der Waals surface area contributed by atoms with Gasteiger partial charge in [0, 0.05) is 38.4 Å². The van der Waals surface area contributed by atoms with Crippen molar-refractivity contribution < 1.29 is 4.79 Å². The number of nitrogens with zero attached hydrogens (tertiary/aromatic N) is 4. The van der Waals surface area contributed by atoms with Gasteiger partial charge in [-0.2, -0.15) is 4.98 Å². The Morgan fingerprint density at radius 3 is 2.89 bits per heavy atom. The van der Waals surface area contributed by atoms with Gasteiger partial charge in [-0.25, -0.2) is 4.98 Å². The molecule has 0 aromatic carbocycles. The van der Waals surface area contributed by atoms with Crippen LogP contribution < -0.4 is 10.2 Å². The van der Waals surface area contributed by atoms with Crippen LogP contribution in [0, 0.1) is 6.92 Å². The lowest BCUT2D eigenvalue weighted by molar-refractivity contribution is -0.129. The molecule has 6 nitrogen and oxygen atoms in total. The summed E-state index contributed by atoms with van der Waals surface area (Å²) in [6.07, 6.45) is 1.79. The van der Waals surface area contributed by atoms with Crippen molar-refractivity contribution in [2.75, 3.05) is 43.4 Å². The van der Waals surface area contributed by atoms with Crippen LogP contribution in [0.25, 0.3) is 0 Å². The predicted molar refractivity (Wildman–Crippen MR) is 70.8 cm³/mol. The number of amides is 1. The molecule has 1 amide bonds. The first kappa shape index (κ1) is 12.6. The van der Waals surface area contributed by atoms with Crippen LogP contribution >= 0.6 is 0 Å². The first-order valence-electron chi connectivity index (χ1n) is 6.18. The summed E-state index contributed by atoms with van der Waals surface area (Å²) in [5.74, 6) is 1.59. The molecule has 6 heteroatoms. The average Bonchev–Trinajstić information content (AvgIpc) is 2.35. The maximum Gasteiger partial charge on any atom is 0.241 e. The number of likely N-dealkylation sites (N-methyl/N-ethyl adjacent to an activating group) is 1. The Kier molecular flexibility index (Phi) is 3.64. The summed E-state index contributed by atoms with van der Waals surface area (Å²) in [5, 5.41) is 3.09. The number of nitrogens with one attached hydrogen (secondary N) is 1. The van der Waals surface area contributed by atoms with E-state index in [0.29, 0.717) is 12.5 Å². The van der Waals surface area contributed by atoms with E-state index >= 15 is 0 Å². The quantitative estimate of drug-likeness (QED) is 0.845. The fourth-order valence-corrected chi connectivity index (χ4v) is 1.94. The molecule has 98 valence electrons. The summed E-state index contributed by atoms with van der Waals surface area (Å²) < 4.78 is 0. The van der Waals surface area contributed by atoms with Crippen LogP contribution in [0.4, 0.5) is 11.8 Å². The number of carbonyl (C=O) groups excluding carboxylic acids is 1. The molecule has 0 saturated carbocycles. The van der Waals surface area contributed by atoms with E-state index in [9.17, 15) is 4.79 Å². The highest BCUT2D eigenvalue weighted by Gasteiger charge is 2.23. The van der Waals surface area contributed by atoms with Crippen molar-refractivity contribution in [1.82, 2.24) is 14.9 Å². The summed E-state index contributed by atoms with van der Waals surface area (Å²) >= 11 is 0. The van der Waals surface area contributed by atoms with Gasteiger partial charge in [-0.1, -0.05) is 0 Å². The first-order valence-corrected chi connectivity index (χ1v) is 6.18. The fourth-order valence-electron chi connectivity index (χ4n) is 1.94. The van der Waals surface area contributed by atoms with Crippen LogP contribution in [-0.4, -0.2) is 54.0 Å². The fraction of sp³-hybridized carbons (Fsp3) is 0.583. The second-order valence-electron chi connectivity index (χ2n) is 4.47. The van der Waals surface area contributed by atoms with E-state index in [1.54, 1.807) is 11.1 Å². The summed E-state index contributed by atoms with van der Waals surface area (Å²) in [6, 6.07) is 0. The van der Waals surface area contributed by atoms with Crippen LogP contribution in [-0.2, 0) is 4.79 Å². The maximum absolute atomic E-state index is 11.7. The van der Waals surface area contributed by atoms with Gasteiger partial charge >= 0.3 is 0 Å². The molecule has 2 heterocycles. The molecule has 0 radical (unpaired) electrons. The highest BCUT2D eigenvalue weighted by molar-refractivity contribution is 5.82. The molecule has 0 aliphatic carbocycles. The number of aromatic nitrogens is 2. The van der Waals surface area contributed by atoms with E-state index in [1.807, 2.05) is 25.8 Å². The van der Waals surface area contributed by atoms with E-state index in [1.165, 1.54) is 0 Å². The Morgan fingerprint density at radius 1 is 1.44 bits per heavy atom. The van der Waals surface area contributed by atoms with Gasteiger partial charge in [0.2, 0.25) is 11.9 Å². The Morgan fingerprint density at radius 2 is 2.22 bits per heavy atom. The van der Waals surface area contributed by atoms with Crippen LogP contribution in [0.3, 0.4) is 0 Å². The molecule has 0 bridgehead atoms. The Labute approximate surface area is 107 Å². The van der Waals surface area contributed by atoms with Gasteiger partial charge in [-0.3, -0.25) is 4.79 Å². The van der Waals surface area contributed by atoms with Crippen LogP contribution in [0.1, 0.15) is 12.5 Å². The standard InChI is InChI=1S/C12H19N5O/c1-4-13-12-14-7-9(2)11(15-12)17-6-5-16(3)10(18)8-17/h7H,4-6,8H2,1-3H3,(H,13,14,15). The van der Waals surface area contributed by atoms with Crippen molar-refractivity contribution >= 4 is 17.7 Å². The normalized spacial score (nSPS) is 16.1. The van der Waals surface area contributed by atoms with E-state index < -0.39 is 0 Å². The zero-order chi connectivity index (χ0) is 13.1. The van der Waals surface area contributed by atoms with Gasteiger partial charge in [0.1, 0.15) is 5.82 Å². The van der Waals surface area contributed by atoms with Crippen LogP contribution in [0.2, 0.25) is 0 Å². The minimum Gasteiger partial charge on any atom is -0.354 e. The number of carbonyl (C=O) groups is 1. The lowest BCUT2D eigenvalue weighted by Gasteiger charge is -2.33.